The smallest absolute Gasteiger partial charge is 0.227 e. The number of guanidine groups is 1. The summed E-state index contributed by atoms with van der Waals surface area (Å²) in [7, 11) is 0. The van der Waals surface area contributed by atoms with Crippen molar-refractivity contribution < 1.29 is 9.59 Å². The number of nitrogens with zero attached hydrogens (tertiary/aromatic N) is 2. The maximum atomic E-state index is 12.1. The number of nitrogens with one attached hydrogen (secondary N) is 3. The molecule has 0 unspecified atom stereocenters. The Labute approximate surface area is 207 Å². The van der Waals surface area contributed by atoms with Crippen molar-refractivity contribution in [2.45, 2.75) is 39.3 Å². The van der Waals surface area contributed by atoms with Gasteiger partial charge in [-0.15, -0.1) is 24.0 Å². The van der Waals surface area contributed by atoms with Crippen LogP contribution in [0.4, 0.5) is 5.69 Å². The van der Waals surface area contributed by atoms with Gasteiger partial charge in [-0.25, -0.2) is 4.99 Å². The van der Waals surface area contributed by atoms with Crippen LogP contribution in [-0.2, 0) is 22.7 Å². The topological polar surface area (TPSA) is 85.8 Å². The molecule has 0 radical (unpaired) electrons. The highest BCUT2D eigenvalue weighted by Gasteiger charge is 2.21. The molecule has 0 aliphatic carbocycles. The van der Waals surface area contributed by atoms with Crippen LogP contribution in [0.2, 0.25) is 0 Å². The third-order valence-corrected chi connectivity index (χ3v) is 5.06. The number of hydrogen-bond donors (Lipinski definition) is 3. The summed E-state index contributed by atoms with van der Waals surface area (Å²) in [5.41, 5.74) is 3.09. The minimum Gasteiger partial charge on any atom is -0.357 e. The maximum Gasteiger partial charge on any atom is 0.227 e. The second-order valence-electron chi connectivity index (χ2n) is 7.45. The van der Waals surface area contributed by atoms with E-state index in [0.717, 1.165) is 36.3 Å². The number of anilines is 1. The second kappa shape index (κ2) is 13.7. The van der Waals surface area contributed by atoms with Gasteiger partial charge in [0.1, 0.15) is 0 Å². The normalized spacial score (nSPS) is 13.5. The molecule has 0 bridgehead atoms. The molecular formula is C24H32IN5O2. The molecular weight excluding hydrogens is 517 g/mol. The van der Waals surface area contributed by atoms with E-state index in [1.54, 1.807) is 0 Å². The van der Waals surface area contributed by atoms with E-state index >= 15 is 0 Å². The van der Waals surface area contributed by atoms with Crippen LogP contribution in [0.25, 0.3) is 0 Å². The van der Waals surface area contributed by atoms with Crippen LogP contribution in [0.15, 0.2) is 59.6 Å². The van der Waals surface area contributed by atoms with Gasteiger partial charge in [0.25, 0.3) is 0 Å². The molecule has 1 saturated heterocycles. The van der Waals surface area contributed by atoms with Crippen LogP contribution in [-0.4, -0.2) is 37.4 Å². The number of carbonyl (C=O) groups excluding carboxylic acids is 2. The van der Waals surface area contributed by atoms with E-state index in [1.165, 1.54) is 0 Å². The van der Waals surface area contributed by atoms with Gasteiger partial charge in [0.05, 0.1) is 6.54 Å². The van der Waals surface area contributed by atoms with Gasteiger partial charge in [-0.3, -0.25) is 9.59 Å². The van der Waals surface area contributed by atoms with E-state index in [4.69, 9.17) is 0 Å². The molecule has 1 heterocycles. The third-order valence-electron chi connectivity index (χ3n) is 5.06. The predicted molar refractivity (Wildman–Crippen MR) is 139 cm³/mol. The van der Waals surface area contributed by atoms with Gasteiger partial charge in [-0.2, -0.15) is 0 Å². The van der Waals surface area contributed by atoms with Gasteiger partial charge in [0.15, 0.2) is 5.96 Å². The zero-order valence-corrected chi connectivity index (χ0v) is 20.8. The van der Waals surface area contributed by atoms with Crippen LogP contribution < -0.4 is 20.9 Å². The zero-order chi connectivity index (χ0) is 21.9. The number of aliphatic imine (C=N–C) groups is 1. The van der Waals surface area contributed by atoms with Crippen LogP contribution in [0.5, 0.6) is 0 Å². The van der Waals surface area contributed by atoms with Crippen molar-refractivity contribution in [1.82, 2.24) is 16.0 Å². The van der Waals surface area contributed by atoms with Crippen molar-refractivity contribution in [1.29, 1.82) is 0 Å². The summed E-state index contributed by atoms with van der Waals surface area (Å²) in [6, 6.07) is 17.8. The summed E-state index contributed by atoms with van der Waals surface area (Å²) < 4.78 is 0. The molecule has 0 aromatic heterocycles. The Morgan fingerprint density at radius 1 is 1.00 bits per heavy atom. The maximum absolute atomic E-state index is 12.1. The number of carbonyl (C=O) groups is 2. The number of halogens is 1. The first kappa shape index (κ1) is 25.6. The standard InChI is InChI=1S/C24H31N5O2.HI/c1-2-25-24(26-15-14-22(30)27-17-19-7-4-3-5-8-19)28-18-20-10-12-21(13-11-20)29-16-6-9-23(29)31;/h3-5,7-8,10-13H,2,6,9,14-18H2,1H3,(H,27,30)(H2,25,26,28);1H. The fourth-order valence-corrected chi connectivity index (χ4v) is 3.39. The Balaban J connectivity index is 0.00000363. The van der Waals surface area contributed by atoms with Crippen molar-refractivity contribution in [2.24, 2.45) is 4.99 Å². The highest BCUT2D eigenvalue weighted by molar-refractivity contribution is 14.0. The van der Waals surface area contributed by atoms with Gasteiger partial charge in [0, 0.05) is 44.7 Å². The monoisotopic (exact) mass is 549 g/mol. The van der Waals surface area contributed by atoms with Gasteiger partial charge in [-0.05, 0) is 36.6 Å². The van der Waals surface area contributed by atoms with Crippen LogP contribution >= 0.6 is 24.0 Å². The zero-order valence-electron chi connectivity index (χ0n) is 18.5. The fraction of sp³-hybridized carbons (Fsp3) is 0.375. The lowest BCUT2D eigenvalue weighted by Crippen LogP contribution is -2.39. The van der Waals surface area contributed by atoms with E-state index in [0.29, 0.717) is 38.4 Å². The molecule has 1 fully saturated rings. The molecule has 8 heteroatoms. The Hall–Kier alpha value is -2.62. The highest BCUT2D eigenvalue weighted by Crippen LogP contribution is 2.21. The van der Waals surface area contributed by atoms with E-state index in [2.05, 4.69) is 20.9 Å². The molecule has 2 aromatic rings. The van der Waals surface area contributed by atoms with Crippen molar-refractivity contribution in [2.75, 3.05) is 24.5 Å². The number of hydrogen-bond acceptors (Lipinski definition) is 3. The molecule has 0 spiro atoms. The number of amides is 2. The van der Waals surface area contributed by atoms with E-state index in [9.17, 15) is 9.59 Å². The lowest BCUT2D eigenvalue weighted by molar-refractivity contribution is -0.121. The third kappa shape index (κ3) is 8.14. The SMILES string of the molecule is CCNC(=NCc1ccc(N2CCCC2=O)cc1)NCCC(=O)NCc1ccccc1.I. The Kier molecular flexibility index (Phi) is 11.0. The quantitative estimate of drug-likeness (QED) is 0.255. The van der Waals surface area contributed by atoms with Crippen LogP contribution in [0, 0.1) is 0 Å². The first-order valence-electron chi connectivity index (χ1n) is 10.9. The number of rotatable bonds is 9. The van der Waals surface area contributed by atoms with Crippen molar-refractivity contribution in [3.8, 4) is 0 Å². The van der Waals surface area contributed by atoms with Gasteiger partial charge >= 0.3 is 0 Å². The summed E-state index contributed by atoms with van der Waals surface area (Å²) in [6.07, 6.45) is 1.93. The van der Waals surface area contributed by atoms with E-state index < -0.39 is 0 Å². The summed E-state index contributed by atoms with van der Waals surface area (Å²) >= 11 is 0. The minimum absolute atomic E-state index is 0. The minimum atomic E-state index is -0.000694. The Morgan fingerprint density at radius 3 is 2.41 bits per heavy atom. The summed E-state index contributed by atoms with van der Waals surface area (Å²) in [4.78, 5) is 30.4. The van der Waals surface area contributed by atoms with Gasteiger partial charge < -0.3 is 20.9 Å². The molecule has 1 aliphatic heterocycles. The molecule has 1 aliphatic rings. The van der Waals surface area contributed by atoms with E-state index in [-0.39, 0.29) is 35.8 Å². The van der Waals surface area contributed by atoms with Crippen molar-refractivity contribution >= 4 is 47.4 Å². The molecule has 3 rings (SSSR count). The summed E-state index contributed by atoms with van der Waals surface area (Å²) in [5, 5.41) is 9.33. The van der Waals surface area contributed by atoms with Crippen LogP contribution in [0.3, 0.4) is 0 Å². The number of benzene rings is 2. The summed E-state index contributed by atoms with van der Waals surface area (Å²) in [5.74, 6) is 0.869. The second-order valence-corrected chi connectivity index (χ2v) is 7.45. The average Bonchev–Trinajstić information content (AvgIpc) is 3.23. The van der Waals surface area contributed by atoms with Crippen molar-refractivity contribution in [3.63, 3.8) is 0 Å². The fourth-order valence-electron chi connectivity index (χ4n) is 3.39. The lowest BCUT2D eigenvalue weighted by Gasteiger charge is -2.16. The predicted octanol–water partition coefficient (Wildman–Crippen LogP) is 3.19. The molecule has 2 aromatic carbocycles. The summed E-state index contributed by atoms with van der Waals surface area (Å²) in [6.45, 7) is 5.09. The largest absolute Gasteiger partial charge is 0.357 e. The molecule has 7 nitrogen and oxygen atoms in total. The first-order valence-corrected chi connectivity index (χ1v) is 10.9. The molecule has 172 valence electrons. The Morgan fingerprint density at radius 2 is 1.75 bits per heavy atom. The molecule has 2 amide bonds. The van der Waals surface area contributed by atoms with Crippen molar-refractivity contribution in [3.05, 3.63) is 65.7 Å². The first-order chi connectivity index (χ1) is 15.2. The lowest BCUT2D eigenvalue weighted by atomic mass is 10.2. The molecule has 0 saturated carbocycles. The van der Waals surface area contributed by atoms with E-state index in [1.807, 2.05) is 66.4 Å². The molecule has 3 N–H and O–H groups in total. The van der Waals surface area contributed by atoms with Gasteiger partial charge in [-0.1, -0.05) is 42.5 Å². The highest BCUT2D eigenvalue weighted by atomic mass is 127. The average molecular weight is 549 g/mol. The van der Waals surface area contributed by atoms with Crippen LogP contribution in [0.1, 0.15) is 37.3 Å². The Bertz CT molecular complexity index is 887. The molecule has 0 atom stereocenters. The molecule has 32 heavy (non-hydrogen) atoms. The van der Waals surface area contributed by atoms with Gasteiger partial charge in [0.2, 0.25) is 11.8 Å².